The highest BCUT2D eigenvalue weighted by Crippen LogP contribution is 2.49. The van der Waals surface area contributed by atoms with Crippen molar-refractivity contribution in [3.05, 3.63) is 53.4 Å². The maximum absolute atomic E-state index is 12.1. The molecule has 188 valence electrons. The molecule has 7 rings (SSSR count). The lowest BCUT2D eigenvalue weighted by molar-refractivity contribution is -0.136. The van der Waals surface area contributed by atoms with Crippen LogP contribution in [0.5, 0.6) is 0 Å². The van der Waals surface area contributed by atoms with Gasteiger partial charge in [0.1, 0.15) is 17.5 Å². The fourth-order valence-electron chi connectivity index (χ4n) is 6.92. The summed E-state index contributed by atoms with van der Waals surface area (Å²) >= 11 is 0. The van der Waals surface area contributed by atoms with Crippen molar-refractivity contribution in [1.82, 2.24) is 20.1 Å². The number of rotatable bonds is 3. The van der Waals surface area contributed by atoms with Gasteiger partial charge in [-0.1, -0.05) is 12.6 Å². The summed E-state index contributed by atoms with van der Waals surface area (Å²) in [5.74, 6) is 0.767. The van der Waals surface area contributed by atoms with Gasteiger partial charge >= 0.3 is 0 Å². The smallest absolute Gasteiger partial charge is 0.245 e. The predicted octanol–water partition coefficient (Wildman–Crippen LogP) is 4.03. The van der Waals surface area contributed by atoms with Crippen molar-refractivity contribution in [1.29, 1.82) is 5.26 Å². The number of hydrogen-bond acceptors (Lipinski definition) is 6. The topological polar surface area (TPSA) is 98.1 Å². The minimum Gasteiger partial charge on any atom is -0.370 e. The minimum absolute atomic E-state index is 0.00883. The third-order valence-corrected chi connectivity index (χ3v) is 9.11. The molecule has 3 aliphatic heterocycles. The van der Waals surface area contributed by atoms with Crippen molar-refractivity contribution in [2.24, 2.45) is 5.41 Å². The summed E-state index contributed by atoms with van der Waals surface area (Å²) in [6.07, 6.45) is 8.33. The van der Waals surface area contributed by atoms with Crippen LogP contribution < -0.4 is 4.90 Å². The van der Waals surface area contributed by atoms with Crippen LogP contribution in [0.2, 0.25) is 0 Å². The molecule has 0 unspecified atom stereocenters. The highest BCUT2D eigenvalue weighted by atomic mass is 16.5. The molecule has 37 heavy (non-hydrogen) atoms. The molecule has 3 aromatic rings. The summed E-state index contributed by atoms with van der Waals surface area (Å²) in [5, 5.41) is 19.0. The number of aryl methyl sites for hydroxylation is 1. The van der Waals surface area contributed by atoms with Gasteiger partial charge in [0.2, 0.25) is 5.91 Å². The number of fused-ring (bicyclic) bond motifs is 2. The molecule has 0 atom stereocenters. The predicted molar refractivity (Wildman–Crippen MR) is 140 cm³/mol. The van der Waals surface area contributed by atoms with E-state index in [1.54, 1.807) is 0 Å². The number of nitrogens with one attached hydrogen (secondary N) is 1. The summed E-state index contributed by atoms with van der Waals surface area (Å²) in [4.78, 5) is 21.4. The number of likely N-dealkylation sites (tertiary alicyclic amines) is 1. The number of carbonyl (C=O) groups is 1. The lowest BCUT2D eigenvalue weighted by Crippen LogP contribution is -2.59. The molecular weight excluding hydrogens is 464 g/mol. The molecule has 4 aliphatic rings. The van der Waals surface area contributed by atoms with E-state index < -0.39 is 0 Å². The molecule has 8 heteroatoms. The van der Waals surface area contributed by atoms with Gasteiger partial charge in [-0.25, -0.2) is 4.98 Å². The van der Waals surface area contributed by atoms with Crippen LogP contribution in [0.1, 0.15) is 48.1 Å². The van der Waals surface area contributed by atoms with E-state index in [9.17, 15) is 10.1 Å². The summed E-state index contributed by atoms with van der Waals surface area (Å²) in [6.45, 7) is 9.29. The Hall–Kier alpha value is -3.70. The minimum atomic E-state index is -0.106. The Balaban J connectivity index is 1.37. The number of amides is 1. The fraction of sp³-hybridized carbons (Fsp3) is 0.448. The Labute approximate surface area is 215 Å². The van der Waals surface area contributed by atoms with Crippen LogP contribution in [0.3, 0.4) is 0 Å². The van der Waals surface area contributed by atoms with E-state index in [-0.39, 0.29) is 16.9 Å². The van der Waals surface area contributed by atoms with Gasteiger partial charge < -0.3 is 14.5 Å². The van der Waals surface area contributed by atoms with Gasteiger partial charge in [-0.3, -0.25) is 9.89 Å². The summed E-state index contributed by atoms with van der Waals surface area (Å²) in [7, 11) is 0. The van der Waals surface area contributed by atoms with Crippen LogP contribution in [-0.4, -0.2) is 57.8 Å². The van der Waals surface area contributed by atoms with E-state index in [2.05, 4.69) is 40.7 Å². The van der Waals surface area contributed by atoms with Crippen molar-refractivity contribution >= 4 is 22.6 Å². The molecule has 1 aliphatic carbocycles. The molecule has 2 spiro atoms. The van der Waals surface area contributed by atoms with Crippen molar-refractivity contribution in [3.8, 4) is 17.2 Å². The third kappa shape index (κ3) is 3.27. The van der Waals surface area contributed by atoms with Gasteiger partial charge in [0, 0.05) is 54.5 Å². The van der Waals surface area contributed by atoms with Crippen LogP contribution in [0, 0.1) is 23.7 Å². The number of anilines is 1. The average molecular weight is 495 g/mol. The van der Waals surface area contributed by atoms with Gasteiger partial charge in [0.05, 0.1) is 29.6 Å². The number of hydrogen-bond donors (Lipinski definition) is 1. The lowest BCUT2D eigenvalue weighted by Gasteiger charge is -2.47. The average Bonchev–Trinajstić information content (AvgIpc) is 3.53. The number of nitrogens with zero attached hydrogens (tertiary/aromatic N) is 5. The molecule has 0 bridgehead atoms. The van der Waals surface area contributed by atoms with E-state index in [1.165, 1.54) is 12.5 Å². The van der Waals surface area contributed by atoms with E-state index in [0.717, 1.165) is 96.5 Å². The quantitative estimate of drug-likeness (QED) is 0.552. The number of carbonyl (C=O) groups excluding carboxylic acids is 1. The number of ether oxygens (including phenoxy) is 1. The third-order valence-electron chi connectivity index (χ3n) is 9.11. The van der Waals surface area contributed by atoms with Crippen molar-refractivity contribution < 1.29 is 9.53 Å². The number of H-pyrrole nitrogens is 1. The first-order valence-corrected chi connectivity index (χ1v) is 13.1. The van der Waals surface area contributed by atoms with Gasteiger partial charge in [0.15, 0.2) is 0 Å². The van der Waals surface area contributed by atoms with Crippen LogP contribution in [0.15, 0.2) is 31.0 Å². The zero-order valence-corrected chi connectivity index (χ0v) is 21.1. The standard InChI is InChI=1S/C29H30N6O2/c1-3-24(36)35-16-28(17-35)9-10-34(15-28)27-19(12-30)26(25-18(2)5-6-22-20(25)13-31-33-22)21-14-37-29(7-4-8-29)11-23(21)32-27/h3,5-6,13H,1,4,7-11,14-17H2,2H3,(H,31,33). The first kappa shape index (κ1) is 22.5. The first-order valence-electron chi connectivity index (χ1n) is 13.1. The zero-order valence-electron chi connectivity index (χ0n) is 21.1. The van der Waals surface area contributed by atoms with Crippen molar-refractivity contribution in [2.75, 3.05) is 31.1 Å². The van der Waals surface area contributed by atoms with E-state index in [1.807, 2.05) is 17.2 Å². The normalized spacial score (nSPS) is 21.0. The highest BCUT2D eigenvalue weighted by Gasteiger charge is 2.50. The molecule has 1 amide bonds. The van der Waals surface area contributed by atoms with Crippen LogP contribution in [-0.2, 0) is 22.6 Å². The second kappa shape index (κ2) is 7.90. The van der Waals surface area contributed by atoms with E-state index in [4.69, 9.17) is 9.72 Å². The molecule has 8 nitrogen and oxygen atoms in total. The lowest BCUT2D eigenvalue weighted by atomic mass is 9.74. The van der Waals surface area contributed by atoms with E-state index in [0.29, 0.717) is 12.2 Å². The van der Waals surface area contributed by atoms with E-state index >= 15 is 0 Å². The van der Waals surface area contributed by atoms with Crippen molar-refractivity contribution in [2.45, 2.75) is 51.2 Å². The molecule has 1 N–H and O–H groups in total. The van der Waals surface area contributed by atoms with Crippen molar-refractivity contribution in [3.63, 3.8) is 0 Å². The SMILES string of the molecule is C=CC(=O)N1CC2(CCN(c3nc4c(c(-c5c(C)ccc6[nH]ncc56)c3C#N)COC3(CCC3)C4)C2)C1. The van der Waals surface area contributed by atoms with Crippen LogP contribution >= 0.6 is 0 Å². The number of pyridine rings is 1. The number of nitriles is 1. The highest BCUT2D eigenvalue weighted by molar-refractivity contribution is 5.99. The number of aromatic nitrogens is 3. The molecular formula is C29H30N6O2. The van der Waals surface area contributed by atoms with Gasteiger partial charge in [-0.15, -0.1) is 0 Å². The van der Waals surface area contributed by atoms with Gasteiger partial charge in [-0.2, -0.15) is 10.4 Å². The Morgan fingerprint density at radius 3 is 2.81 bits per heavy atom. The molecule has 1 aromatic carbocycles. The van der Waals surface area contributed by atoms with Gasteiger partial charge in [0.25, 0.3) is 0 Å². The molecule has 1 saturated carbocycles. The fourth-order valence-corrected chi connectivity index (χ4v) is 6.92. The number of aromatic amines is 1. The van der Waals surface area contributed by atoms with Gasteiger partial charge in [-0.05, 0) is 55.9 Å². The Kier molecular flexibility index (Phi) is 4.80. The summed E-state index contributed by atoms with van der Waals surface area (Å²) in [6, 6.07) is 6.68. The molecule has 5 heterocycles. The number of benzene rings is 1. The first-order chi connectivity index (χ1) is 17.9. The molecule has 2 saturated heterocycles. The molecule has 3 fully saturated rings. The Morgan fingerprint density at radius 2 is 2.08 bits per heavy atom. The Bertz CT molecular complexity index is 1500. The molecule has 2 aromatic heterocycles. The monoisotopic (exact) mass is 494 g/mol. The second-order valence-corrected chi connectivity index (χ2v) is 11.4. The van der Waals surface area contributed by atoms with Crippen LogP contribution in [0.4, 0.5) is 5.82 Å². The maximum Gasteiger partial charge on any atom is 0.245 e. The summed E-state index contributed by atoms with van der Waals surface area (Å²) in [5.41, 5.74) is 6.69. The Morgan fingerprint density at radius 1 is 1.24 bits per heavy atom. The van der Waals surface area contributed by atoms with Crippen LogP contribution in [0.25, 0.3) is 22.0 Å². The largest absolute Gasteiger partial charge is 0.370 e. The zero-order chi connectivity index (χ0) is 25.4. The maximum atomic E-state index is 12.1. The molecule has 0 radical (unpaired) electrons. The summed E-state index contributed by atoms with van der Waals surface area (Å²) < 4.78 is 6.46. The second-order valence-electron chi connectivity index (χ2n) is 11.4.